The zero-order valence-corrected chi connectivity index (χ0v) is 10.2. The SMILES string of the molecule is NCC1COCCN1S(=O)(=O)N1CCCC1. The quantitative estimate of drug-likeness (QED) is 0.695. The number of hydrogen-bond donors (Lipinski definition) is 1. The fraction of sp³-hybridized carbons (Fsp3) is 1.00. The van der Waals surface area contributed by atoms with Crippen LogP contribution >= 0.6 is 0 Å². The van der Waals surface area contributed by atoms with E-state index >= 15 is 0 Å². The van der Waals surface area contributed by atoms with Crippen LogP contribution in [0.5, 0.6) is 0 Å². The second-order valence-electron chi connectivity index (χ2n) is 4.19. The minimum atomic E-state index is -3.32. The van der Waals surface area contributed by atoms with Gasteiger partial charge in [0.25, 0.3) is 10.2 Å². The van der Waals surface area contributed by atoms with Crippen molar-refractivity contribution in [3.8, 4) is 0 Å². The summed E-state index contributed by atoms with van der Waals surface area (Å²) in [7, 11) is -3.32. The summed E-state index contributed by atoms with van der Waals surface area (Å²) < 4.78 is 32.9. The summed E-state index contributed by atoms with van der Waals surface area (Å²) in [6.45, 7) is 2.87. The number of nitrogens with zero attached hydrogens (tertiary/aromatic N) is 2. The maximum absolute atomic E-state index is 12.3. The molecule has 2 saturated heterocycles. The topological polar surface area (TPSA) is 75.9 Å². The van der Waals surface area contributed by atoms with Gasteiger partial charge >= 0.3 is 0 Å². The maximum atomic E-state index is 12.3. The molecule has 16 heavy (non-hydrogen) atoms. The van der Waals surface area contributed by atoms with E-state index in [0.29, 0.717) is 39.4 Å². The molecule has 0 aromatic carbocycles. The molecule has 0 amide bonds. The Morgan fingerprint density at radius 3 is 2.56 bits per heavy atom. The number of hydrogen-bond acceptors (Lipinski definition) is 4. The first-order valence-corrected chi connectivity index (χ1v) is 7.10. The van der Waals surface area contributed by atoms with Gasteiger partial charge in [-0.2, -0.15) is 17.0 Å². The van der Waals surface area contributed by atoms with Gasteiger partial charge in [0, 0.05) is 26.2 Å². The van der Waals surface area contributed by atoms with Crippen molar-refractivity contribution in [1.82, 2.24) is 8.61 Å². The predicted octanol–water partition coefficient (Wildman–Crippen LogP) is -1.01. The van der Waals surface area contributed by atoms with E-state index < -0.39 is 10.2 Å². The Kier molecular flexibility index (Phi) is 3.81. The van der Waals surface area contributed by atoms with E-state index in [9.17, 15) is 8.42 Å². The monoisotopic (exact) mass is 249 g/mol. The molecule has 7 heteroatoms. The molecule has 2 N–H and O–H groups in total. The Morgan fingerprint density at radius 2 is 1.94 bits per heavy atom. The lowest BCUT2D eigenvalue weighted by atomic mass is 10.3. The van der Waals surface area contributed by atoms with Gasteiger partial charge in [-0.25, -0.2) is 0 Å². The van der Waals surface area contributed by atoms with Crippen LogP contribution in [0.25, 0.3) is 0 Å². The molecular formula is C9H19N3O3S. The van der Waals surface area contributed by atoms with Crippen LogP contribution in [0, 0.1) is 0 Å². The van der Waals surface area contributed by atoms with Crippen LogP contribution in [-0.4, -0.2) is 62.5 Å². The van der Waals surface area contributed by atoms with Crippen LogP contribution in [0.3, 0.4) is 0 Å². The summed E-state index contributed by atoms with van der Waals surface area (Å²) in [6.07, 6.45) is 1.91. The van der Waals surface area contributed by atoms with E-state index in [-0.39, 0.29) is 6.04 Å². The lowest BCUT2D eigenvalue weighted by molar-refractivity contribution is 0.0333. The molecule has 0 aromatic rings. The molecule has 0 aromatic heterocycles. The van der Waals surface area contributed by atoms with Crippen molar-refractivity contribution in [2.24, 2.45) is 5.73 Å². The zero-order valence-electron chi connectivity index (χ0n) is 9.34. The zero-order chi connectivity index (χ0) is 11.6. The van der Waals surface area contributed by atoms with Gasteiger partial charge in [-0.1, -0.05) is 0 Å². The van der Waals surface area contributed by atoms with Gasteiger partial charge in [0.05, 0.1) is 19.3 Å². The van der Waals surface area contributed by atoms with E-state index in [2.05, 4.69) is 0 Å². The summed E-state index contributed by atoms with van der Waals surface area (Å²) in [5.74, 6) is 0. The Balaban J connectivity index is 2.13. The van der Waals surface area contributed by atoms with E-state index in [1.807, 2.05) is 0 Å². The fourth-order valence-electron chi connectivity index (χ4n) is 2.20. The fourth-order valence-corrected chi connectivity index (χ4v) is 4.04. The number of ether oxygens (including phenoxy) is 1. The Bertz CT molecular complexity index is 327. The second kappa shape index (κ2) is 4.97. The van der Waals surface area contributed by atoms with Crippen LogP contribution in [0.15, 0.2) is 0 Å². The molecule has 0 bridgehead atoms. The van der Waals surface area contributed by atoms with Gasteiger partial charge < -0.3 is 10.5 Å². The molecule has 1 atom stereocenters. The van der Waals surface area contributed by atoms with Crippen LogP contribution in [-0.2, 0) is 14.9 Å². The molecule has 2 heterocycles. The number of rotatable bonds is 3. The first-order chi connectivity index (χ1) is 7.66. The van der Waals surface area contributed by atoms with Gasteiger partial charge in [0.2, 0.25) is 0 Å². The Labute approximate surface area is 96.5 Å². The first-order valence-electron chi connectivity index (χ1n) is 5.71. The average molecular weight is 249 g/mol. The molecule has 0 aliphatic carbocycles. The van der Waals surface area contributed by atoms with Gasteiger partial charge in [-0.15, -0.1) is 0 Å². The summed E-state index contributed by atoms with van der Waals surface area (Å²) in [5.41, 5.74) is 5.58. The van der Waals surface area contributed by atoms with E-state index in [4.69, 9.17) is 10.5 Å². The lowest BCUT2D eigenvalue weighted by Crippen LogP contribution is -2.55. The third-order valence-corrected chi connectivity index (χ3v) is 5.22. The van der Waals surface area contributed by atoms with Crippen LogP contribution < -0.4 is 5.73 Å². The molecule has 0 saturated carbocycles. The Morgan fingerprint density at radius 1 is 1.25 bits per heavy atom. The van der Waals surface area contributed by atoms with Crippen molar-refractivity contribution in [3.05, 3.63) is 0 Å². The van der Waals surface area contributed by atoms with Crippen molar-refractivity contribution in [2.75, 3.05) is 39.4 Å². The average Bonchev–Trinajstić information content (AvgIpc) is 2.83. The molecule has 6 nitrogen and oxygen atoms in total. The lowest BCUT2D eigenvalue weighted by Gasteiger charge is -2.36. The van der Waals surface area contributed by atoms with E-state index in [0.717, 1.165) is 12.8 Å². The van der Waals surface area contributed by atoms with Gasteiger partial charge in [-0.05, 0) is 12.8 Å². The minimum Gasteiger partial charge on any atom is -0.378 e. The Hall–Kier alpha value is -0.210. The summed E-state index contributed by atoms with van der Waals surface area (Å²) in [6, 6.07) is -0.209. The van der Waals surface area contributed by atoms with Crippen molar-refractivity contribution < 1.29 is 13.2 Å². The third kappa shape index (κ3) is 2.23. The standard InChI is InChI=1S/C9H19N3O3S/c10-7-9-8-15-6-5-12(9)16(13,14)11-3-1-2-4-11/h9H,1-8,10H2. The number of nitrogens with two attached hydrogens (primary N) is 1. The molecule has 2 fully saturated rings. The predicted molar refractivity (Wildman–Crippen MR) is 60.1 cm³/mol. The highest BCUT2D eigenvalue weighted by Crippen LogP contribution is 2.20. The van der Waals surface area contributed by atoms with E-state index in [1.54, 1.807) is 4.31 Å². The third-order valence-electron chi connectivity index (χ3n) is 3.13. The minimum absolute atomic E-state index is 0.209. The molecule has 2 aliphatic rings. The van der Waals surface area contributed by atoms with Gasteiger partial charge in [0.15, 0.2) is 0 Å². The molecule has 0 spiro atoms. The van der Waals surface area contributed by atoms with Crippen LogP contribution in [0.2, 0.25) is 0 Å². The molecule has 1 unspecified atom stereocenters. The van der Waals surface area contributed by atoms with Gasteiger partial charge in [0.1, 0.15) is 0 Å². The summed E-state index contributed by atoms with van der Waals surface area (Å²) >= 11 is 0. The van der Waals surface area contributed by atoms with Crippen LogP contribution in [0.1, 0.15) is 12.8 Å². The maximum Gasteiger partial charge on any atom is 0.282 e. The normalized spacial score (nSPS) is 29.7. The second-order valence-corrected chi connectivity index (χ2v) is 6.07. The first kappa shape index (κ1) is 12.3. The van der Waals surface area contributed by atoms with Gasteiger partial charge in [-0.3, -0.25) is 0 Å². The van der Waals surface area contributed by atoms with E-state index in [1.165, 1.54) is 4.31 Å². The molecule has 2 rings (SSSR count). The highest BCUT2D eigenvalue weighted by molar-refractivity contribution is 7.86. The van der Waals surface area contributed by atoms with Crippen molar-refractivity contribution in [1.29, 1.82) is 0 Å². The molecule has 0 radical (unpaired) electrons. The smallest absolute Gasteiger partial charge is 0.282 e. The number of morpholine rings is 1. The van der Waals surface area contributed by atoms with Crippen molar-refractivity contribution in [3.63, 3.8) is 0 Å². The molecular weight excluding hydrogens is 230 g/mol. The summed E-state index contributed by atoms with van der Waals surface area (Å²) in [5, 5.41) is 0. The largest absolute Gasteiger partial charge is 0.378 e. The highest BCUT2D eigenvalue weighted by Gasteiger charge is 2.37. The molecule has 2 aliphatic heterocycles. The van der Waals surface area contributed by atoms with Crippen molar-refractivity contribution in [2.45, 2.75) is 18.9 Å². The van der Waals surface area contributed by atoms with Crippen LogP contribution in [0.4, 0.5) is 0 Å². The highest BCUT2D eigenvalue weighted by atomic mass is 32.2. The van der Waals surface area contributed by atoms with Crippen molar-refractivity contribution >= 4 is 10.2 Å². The summed E-state index contributed by atoms with van der Waals surface area (Å²) in [4.78, 5) is 0. The molecule has 94 valence electrons.